The number of aliphatic hydroxyl groups is 1. The lowest BCUT2D eigenvalue weighted by Gasteiger charge is -2.33. The van der Waals surface area contributed by atoms with Crippen LogP contribution in [0.4, 0.5) is 0 Å². The smallest absolute Gasteiger partial charge is 0.343 e. The number of carbonyl (C=O) groups is 3. The molecule has 0 aromatic carbocycles. The number of rotatable bonds is 4. The molecule has 30 heavy (non-hydrogen) atoms. The van der Waals surface area contributed by atoms with Gasteiger partial charge in [0.15, 0.2) is 5.79 Å². The van der Waals surface area contributed by atoms with Crippen molar-refractivity contribution < 1.29 is 38.4 Å². The van der Waals surface area contributed by atoms with E-state index < -0.39 is 41.3 Å². The first-order valence-corrected chi connectivity index (χ1v) is 10.1. The van der Waals surface area contributed by atoms with Crippen LogP contribution in [0.2, 0.25) is 0 Å². The molecule has 164 valence electrons. The Balaban J connectivity index is 2.12. The topological polar surface area (TPSA) is 108 Å². The largest absolute Gasteiger partial charge is 0.461 e. The summed E-state index contributed by atoms with van der Waals surface area (Å²) in [7, 11) is 0. The second-order valence-electron chi connectivity index (χ2n) is 8.33. The van der Waals surface area contributed by atoms with E-state index in [2.05, 4.69) is 0 Å². The van der Waals surface area contributed by atoms with Crippen molar-refractivity contribution in [3.63, 3.8) is 0 Å². The fraction of sp³-hybridized carbons (Fsp3) is 0.591. The van der Waals surface area contributed by atoms with Crippen LogP contribution in [0, 0.1) is 5.92 Å². The van der Waals surface area contributed by atoms with Crippen LogP contribution >= 0.6 is 0 Å². The molecule has 2 bridgehead atoms. The zero-order valence-electron chi connectivity index (χ0n) is 17.9. The summed E-state index contributed by atoms with van der Waals surface area (Å²) in [4.78, 5) is 36.5. The average Bonchev–Trinajstić information content (AvgIpc) is 3.14. The second kappa shape index (κ2) is 8.00. The third-order valence-electron chi connectivity index (χ3n) is 5.95. The molecule has 0 aromatic rings. The Bertz CT molecular complexity index is 866. The van der Waals surface area contributed by atoms with Crippen LogP contribution in [-0.2, 0) is 33.3 Å². The Labute approximate surface area is 175 Å². The first-order valence-electron chi connectivity index (χ1n) is 10.1. The quantitative estimate of drug-likeness (QED) is 0.420. The standard InChI is InChI=1S/C22H28O8/c1-6-12(2)19(24)28-16-9-13(3)22(26)8-7-21(5,30-22)10-17-18(16)15(20(25)29-17)11-27-14(4)23/h6,10,13,16,26H,7-9,11H2,1-5H3/b12-6-,17-10+/t13-,16+,21+,22-/m1/s1. The molecule has 0 amide bonds. The minimum atomic E-state index is -1.40. The maximum Gasteiger partial charge on any atom is 0.343 e. The summed E-state index contributed by atoms with van der Waals surface area (Å²) in [5.41, 5.74) is 0.0157. The molecule has 0 spiro atoms. The van der Waals surface area contributed by atoms with E-state index in [1.54, 1.807) is 32.9 Å². The van der Waals surface area contributed by atoms with Gasteiger partial charge >= 0.3 is 17.9 Å². The van der Waals surface area contributed by atoms with E-state index in [-0.39, 0.29) is 24.4 Å². The van der Waals surface area contributed by atoms with Gasteiger partial charge in [0.25, 0.3) is 0 Å². The number of ether oxygens (including phenoxy) is 4. The predicted octanol–water partition coefficient (Wildman–Crippen LogP) is 2.46. The summed E-state index contributed by atoms with van der Waals surface area (Å²) in [6, 6.07) is 0. The van der Waals surface area contributed by atoms with Crippen molar-refractivity contribution in [2.45, 2.75) is 71.4 Å². The van der Waals surface area contributed by atoms with Crippen LogP contribution in [0.25, 0.3) is 0 Å². The van der Waals surface area contributed by atoms with Crippen molar-refractivity contribution in [3.05, 3.63) is 34.6 Å². The molecule has 0 saturated carbocycles. The van der Waals surface area contributed by atoms with E-state index in [9.17, 15) is 19.5 Å². The molecular formula is C22H28O8. The summed E-state index contributed by atoms with van der Waals surface area (Å²) >= 11 is 0. The number of fused-ring (bicyclic) bond motifs is 3. The molecule has 8 heteroatoms. The van der Waals surface area contributed by atoms with Crippen molar-refractivity contribution in [3.8, 4) is 0 Å². The third-order valence-corrected chi connectivity index (χ3v) is 5.95. The SMILES string of the molecule is C/C=C(/C)C(=O)O[C@H]1C[C@@H](C)[C@@]2(O)CC[C@@](C)(/C=C3/OC(=O)C(COC(C)=O)=C31)O2. The minimum Gasteiger partial charge on any atom is -0.461 e. The van der Waals surface area contributed by atoms with E-state index in [0.29, 0.717) is 24.0 Å². The Morgan fingerprint density at radius 1 is 1.33 bits per heavy atom. The fourth-order valence-electron chi connectivity index (χ4n) is 3.98. The Morgan fingerprint density at radius 3 is 2.67 bits per heavy atom. The maximum absolute atomic E-state index is 12.6. The number of carbonyl (C=O) groups excluding carboxylic acids is 3. The average molecular weight is 420 g/mol. The minimum absolute atomic E-state index is 0.118. The highest BCUT2D eigenvalue weighted by molar-refractivity contribution is 5.96. The van der Waals surface area contributed by atoms with Crippen molar-refractivity contribution in [2.24, 2.45) is 5.92 Å². The van der Waals surface area contributed by atoms with Gasteiger partial charge in [-0.1, -0.05) is 13.0 Å². The molecular weight excluding hydrogens is 392 g/mol. The van der Waals surface area contributed by atoms with Crippen molar-refractivity contribution in [1.29, 1.82) is 0 Å². The van der Waals surface area contributed by atoms with Crippen molar-refractivity contribution in [2.75, 3.05) is 6.61 Å². The van der Waals surface area contributed by atoms with E-state index in [1.807, 2.05) is 6.92 Å². The monoisotopic (exact) mass is 420 g/mol. The van der Waals surface area contributed by atoms with Gasteiger partial charge in [-0.15, -0.1) is 0 Å². The van der Waals surface area contributed by atoms with Gasteiger partial charge in [-0.2, -0.15) is 0 Å². The van der Waals surface area contributed by atoms with Gasteiger partial charge < -0.3 is 24.1 Å². The second-order valence-corrected chi connectivity index (χ2v) is 8.33. The molecule has 8 nitrogen and oxygen atoms in total. The molecule has 4 atom stereocenters. The first kappa shape index (κ1) is 22.2. The predicted molar refractivity (Wildman–Crippen MR) is 105 cm³/mol. The lowest BCUT2D eigenvalue weighted by Crippen LogP contribution is -2.40. The maximum atomic E-state index is 12.6. The van der Waals surface area contributed by atoms with Crippen LogP contribution in [0.3, 0.4) is 0 Å². The summed E-state index contributed by atoms with van der Waals surface area (Å²) in [6.45, 7) is 7.90. The molecule has 1 saturated heterocycles. The molecule has 1 fully saturated rings. The van der Waals surface area contributed by atoms with Gasteiger partial charge in [-0.25, -0.2) is 9.59 Å². The van der Waals surface area contributed by atoms with Crippen molar-refractivity contribution >= 4 is 17.9 Å². The summed E-state index contributed by atoms with van der Waals surface area (Å²) in [5, 5.41) is 11.1. The normalized spacial score (nSPS) is 35.5. The van der Waals surface area contributed by atoms with Gasteiger partial charge in [0.1, 0.15) is 18.5 Å². The lowest BCUT2D eigenvalue weighted by molar-refractivity contribution is -0.238. The number of hydrogen-bond donors (Lipinski definition) is 1. The molecule has 0 radical (unpaired) electrons. The number of allylic oxidation sites excluding steroid dienone is 1. The summed E-state index contributed by atoms with van der Waals surface area (Å²) in [6.07, 6.45) is 3.51. The Hall–Kier alpha value is -2.45. The summed E-state index contributed by atoms with van der Waals surface area (Å²) in [5.74, 6) is -3.35. The van der Waals surface area contributed by atoms with Gasteiger partial charge in [0.2, 0.25) is 0 Å². The molecule has 0 aromatic heterocycles. The zero-order chi connectivity index (χ0) is 22.3. The van der Waals surface area contributed by atoms with Gasteiger partial charge in [-0.3, -0.25) is 4.79 Å². The van der Waals surface area contributed by atoms with E-state index in [4.69, 9.17) is 18.9 Å². The van der Waals surface area contributed by atoms with E-state index >= 15 is 0 Å². The van der Waals surface area contributed by atoms with Crippen molar-refractivity contribution in [1.82, 2.24) is 0 Å². The van der Waals surface area contributed by atoms with Gasteiger partial charge in [-0.05, 0) is 39.7 Å². The number of esters is 3. The molecule has 3 heterocycles. The highest BCUT2D eigenvalue weighted by atomic mass is 16.6. The molecule has 0 unspecified atom stereocenters. The molecule has 0 aliphatic carbocycles. The van der Waals surface area contributed by atoms with Gasteiger partial charge in [0.05, 0.1) is 11.2 Å². The first-order chi connectivity index (χ1) is 14.0. The third kappa shape index (κ3) is 4.20. The molecule has 1 N–H and O–H groups in total. The lowest BCUT2D eigenvalue weighted by atomic mass is 9.86. The van der Waals surface area contributed by atoms with Crippen LogP contribution in [0.1, 0.15) is 53.9 Å². The highest BCUT2D eigenvalue weighted by Crippen LogP contribution is 2.47. The Morgan fingerprint density at radius 2 is 2.03 bits per heavy atom. The van der Waals surface area contributed by atoms with Crippen LogP contribution in [0.15, 0.2) is 34.6 Å². The van der Waals surface area contributed by atoms with Crippen LogP contribution in [-0.4, -0.2) is 47.1 Å². The summed E-state index contributed by atoms with van der Waals surface area (Å²) < 4.78 is 22.3. The fourth-order valence-corrected chi connectivity index (χ4v) is 3.98. The van der Waals surface area contributed by atoms with E-state index in [0.717, 1.165) is 0 Å². The van der Waals surface area contributed by atoms with Crippen LogP contribution < -0.4 is 0 Å². The van der Waals surface area contributed by atoms with Gasteiger partial charge in [0, 0.05) is 30.4 Å². The molecule has 3 aliphatic rings. The Kier molecular flexibility index (Phi) is 5.93. The molecule has 3 rings (SSSR count). The molecule has 3 aliphatic heterocycles. The zero-order valence-corrected chi connectivity index (χ0v) is 17.9. The van der Waals surface area contributed by atoms with Crippen LogP contribution in [0.5, 0.6) is 0 Å². The number of hydrogen-bond acceptors (Lipinski definition) is 8. The highest BCUT2D eigenvalue weighted by Gasteiger charge is 2.52. The van der Waals surface area contributed by atoms with E-state index in [1.165, 1.54) is 6.92 Å².